The number of amides is 2. The number of piperazine rings is 1. The summed E-state index contributed by atoms with van der Waals surface area (Å²) in [6.07, 6.45) is 7.38. The fourth-order valence-electron chi connectivity index (χ4n) is 5.28. The van der Waals surface area contributed by atoms with Crippen LogP contribution in [0.25, 0.3) is 0 Å². The van der Waals surface area contributed by atoms with Crippen LogP contribution in [0.5, 0.6) is 0 Å². The van der Waals surface area contributed by atoms with Gasteiger partial charge in [0.1, 0.15) is 6.04 Å². The Kier molecular flexibility index (Phi) is 6.53. The smallest absolute Gasteiger partial charge is 0.245 e. The van der Waals surface area contributed by atoms with E-state index in [1.165, 1.54) is 17.5 Å². The summed E-state index contributed by atoms with van der Waals surface area (Å²) in [4.78, 5) is 32.6. The fraction of sp³-hybridized carbons (Fsp3) is 0.667. The molecule has 3 fully saturated rings. The van der Waals surface area contributed by atoms with Crippen molar-refractivity contribution in [2.24, 2.45) is 5.92 Å². The fourth-order valence-corrected chi connectivity index (χ4v) is 5.28. The standard InChI is InChI=1S/C24H35N3O2/c1-19-7-5-8-20(17-19)18-25-13-15-26(16-14-25)24(29)22-11-6-12-27(22)23(28)21-9-3-2-4-10-21/h5,7-8,17,21-22H,2-4,6,9-16,18H2,1H3. The van der Waals surface area contributed by atoms with Crippen LogP contribution in [0.15, 0.2) is 24.3 Å². The van der Waals surface area contributed by atoms with Crippen molar-refractivity contribution in [2.75, 3.05) is 32.7 Å². The van der Waals surface area contributed by atoms with Crippen molar-refractivity contribution in [1.29, 1.82) is 0 Å². The lowest BCUT2D eigenvalue weighted by Crippen LogP contribution is -2.54. The van der Waals surface area contributed by atoms with E-state index in [4.69, 9.17) is 0 Å². The Labute approximate surface area is 175 Å². The van der Waals surface area contributed by atoms with E-state index in [0.717, 1.165) is 77.8 Å². The molecule has 0 bridgehead atoms. The Morgan fingerprint density at radius 1 is 0.897 bits per heavy atom. The highest BCUT2D eigenvalue weighted by atomic mass is 16.2. The number of hydrogen-bond donors (Lipinski definition) is 0. The van der Waals surface area contributed by atoms with Crippen molar-refractivity contribution in [1.82, 2.24) is 14.7 Å². The quantitative estimate of drug-likeness (QED) is 0.784. The zero-order valence-electron chi connectivity index (χ0n) is 17.8. The summed E-state index contributed by atoms with van der Waals surface area (Å²) in [6, 6.07) is 8.44. The molecule has 5 nitrogen and oxygen atoms in total. The van der Waals surface area contributed by atoms with Gasteiger partial charge in [-0.1, -0.05) is 49.1 Å². The monoisotopic (exact) mass is 397 g/mol. The molecular formula is C24H35N3O2. The molecule has 0 N–H and O–H groups in total. The maximum atomic E-state index is 13.2. The maximum absolute atomic E-state index is 13.2. The van der Waals surface area contributed by atoms with Crippen LogP contribution in [0, 0.1) is 12.8 Å². The van der Waals surface area contributed by atoms with Gasteiger partial charge in [0.05, 0.1) is 0 Å². The lowest BCUT2D eigenvalue weighted by molar-refractivity contribution is -0.147. The van der Waals surface area contributed by atoms with E-state index < -0.39 is 0 Å². The van der Waals surface area contributed by atoms with Gasteiger partial charge in [-0.3, -0.25) is 14.5 Å². The molecule has 1 saturated carbocycles. The van der Waals surface area contributed by atoms with Gasteiger partial charge in [0.2, 0.25) is 11.8 Å². The van der Waals surface area contributed by atoms with Crippen LogP contribution in [0.4, 0.5) is 0 Å². The summed E-state index contributed by atoms with van der Waals surface area (Å²) in [5, 5.41) is 0. The second-order valence-electron chi connectivity index (χ2n) is 9.12. The molecule has 1 aliphatic carbocycles. The third-order valence-electron chi connectivity index (χ3n) is 6.95. The Morgan fingerprint density at radius 2 is 1.66 bits per heavy atom. The summed E-state index contributed by atoms with van der Waals surface area (Å²) >= 11 is 0. The molecule has 1 atom stereocenters. The van der Waals surface area contributed by atoms with Crippen molar-refractivity contribution in [3.8, 4) is 0 Å². The summed E-state index contributed by atoms with van der Waals surface area (Å²) in [7, 11) is 0. The van der Waals surface area contributed by atoms with Gasteiger partial charge in [-0.2, -0.15) is 0 Å². The van der Waals surface area contributed by atoms with Crippen LogP contribution >= 0.6 is 0 Å². The molecule has 1 aromatic rings. The van der Waals surface area contributed by atoms with E-state index >= 15 is 0 Å². The predicted octanol–water partition coefficient (Wildman–Crippen LogP) is 3.21. The number of nitrogens with zero attached hydrogens (tertiary/aromatic N) is 3. The van der Waals surface area contributed by atoms with Gasteiger partial charge in [-0.25, -0.2) is 0 Å². The lowest BCUT2D eigenvalue weighted by Gasteiger charge is -2.38. The third-order valence-corrected chi connectivity index (χ3v) is 6.95. The van der Waals surface area contributed by atoms with Gasteiger partial charge in [-0.05, 0) is 38.2 Å². The average Bonchev–Trinajstić information content (AvgIpc) is 3.24. The van der Waals surface area contributed by atoms with E-state index in [2.05, 4.69) is 36.1 Å². The minimum Gasteiger partial charge on any atom is -0.338 e. The molecule has 1 aromatic carbocycles. The SMILES string of the molecule is Cc1cccc(CN2CCN(C(=O)C3CCCN3C(=O)C3CCCCC3)CC2)c1. The van der Waals surface area contributed by atoms with Crippen molar-refractivity contribution in [2.45, 2.75) is 64.5 Å². The normalized spacial score (nSPS) is 24.1. The first kappa shape index (κ1) is 20.4. The highest BCUT2D eigenvalue weighted by Gasteiger charge is 2.39. The predicted molar refractivity (Wildman–Crippen MR) is 114 cm³/mol. The van der Waals surface area contributed by atoms with Crippen LogP contribution in [-0.2, 0) is 16.1 Å². The molecule has 29 heavy (non-hydrogen) atoms. The van der Waals surface area contributed by atoms with E-state index in [1.54, 1.807) is 0 Å². The number of hydrogen-bond acceptors (Lipinski definition) is 3. The van der Waals surface area contributed by atoms with Crippen LogP contribution < -0.4 is 0 Å². The number of carbonyl (C=O) groups excluding carboxylic acids is 2. The zero-order valence-corrected chi connectivity index (χ0v) is 17.8. The Bertz CT molecular complexity index is 721. The highest BCUT2D eigenvalue weighted by molar-refractivity contribution is 5.89. The summed E-state index contributed by atoms with van der Waals surface area (Å²) in [6.45, 7) is 7.19. The molecule has 5 heteroatoms. The van der Waals surface area contributed by atoms with Crippen LogP contribution in [0.2, 0.25) is 0 Å². The van der Waals surface area contributed by atoms with Gasteiger partial charge in [0.15, 0.2) is 0 Å². The first-order valence-electron chi connectivity index (χ1n) is 11.5. The molecular weight excluding hydrogens is 362 g/mol. The van der Waals surface area contributed by atoms with Crippen molar-refractivity contribution in [3.63, 3.8) is 0 Å². The number of likely N-dealkylation sites (tertiary alicyclic amines) is 1. The van der Waals surface area contributed by atoms with Gasteiger partial charge >= 0.3 is 0 Å². The van der Waals surface area contributed by atoms with E-state index in [0.29, 0.717) is 0 Å². The topological polar surface area (TPSA) is 43.9 Å². The zero-order chi connectivity index (χ0) is 20.2. The van der Waals surface area contributed by atoms with Crippen molar-refractivity contribution < 1.29 is 9.59 Å². The molecule has 4 rings (SSSR count). The molecule has 2 saturated heterocycles. The van der Waals surface area contributed by atoms with Crippen LogP contribution in [-0.4, -0.2) is 65.3 Å². The Balaban J connectivity index is 1.31. The van der Waals surface area contributed by atoms with Crippen LogP contribution in [0.1, 0.15) is 56.1 Å². The number of rotatable bonds is 4. The molecule has 2 heterocycles. The molecule has 3 aliphatic rings. The third kappa shape index (κ3) is 4.82. The van der Waals surface area contributed by atoms with Crippen molar-refractivity contribution >= 4 is 11.8 Å². The molecule has 0 radical (unpaired) electrons. The molecule has 1 unspecified atom stereocenters. The largest absolute Gasteiger partial charge is 0.338 e. The Morgan fingerprint density at radius 3 is 2.38 bits per heavy atom. The number of benzene rings is 1. The minimum absolute atomic E-state index is 0.156. The van der Waals surface area contributed by atoms with Gasteiger partial charge in [0, 0.05) is 45.2 Å². The lowest BCUT2D eigenvalue weighted by atomic mass is 9.88. The molecule has 0 aromatic heterocycles. The molecule has 2 aliphatic heterocycles. The first-order valence-corrected chi connectivity index (χ1v) is 11.5. The number of carbonyl (C=O) groups is 2. The second-order valence-corrected chi connectivity index (χ2v) is 9.12. The van der Waals surface area contributed by atoms with Crippen molar-refractivity contribution in [3.05, 3.63) is 35.4 Å². The Hall–Kier alpha value is -1.88. The highest BCUT2D eigenvalue weighted by Crippen LogP contribution is 2.29. The average molecular weight is 398 g/mol. The first-order chi connectivity index (χ1) is 14.1. The summed E-state index contributed by atoms with van der Waals surface area (Å²) in [5.74, 6) is 0.587. The van der Waals surface area contributed by atoms with E-state index in [1.807, 2.05) is 9.80 Å². The molecule has 2 amide bonds. The molecule has 0 spiro atoms. The van der Waals surface area contributed by atoms with E-state index in [9.17, 15) is 9.59 Å². The second kappa shape index (κ2) is 9.29. The number of aryl methyl sites for hydroxylation is 1. The van der Waals surface area contributed by atoms with Crippen LogP contribution in [0.3, 0.4) is 0 Å². The molecule has 158 valence electrons. The van der Waals surface area contributed by atoms with Gasteiger partial charge in [0.25, 0.3) is 0 Å². The summed E-state index contributed by atoms with van der Waals surface area (Å²) in [5.41, 5.74) is 2.63. The van der Waals surface area contributed by atoms with E-state index in [-0.39, 0.29) is 23.8 Å². The minimum atomic E-state index is -0.215. The summed E-state index contributed by atoms with van der Waals surface area (Å²) < 4.78 is 0. The van der Waals surface area contributed by atoms with Gasteiger partial charge in [-0.15, -0.1) is 0 Å². The maximum Gasteiger partial charge on any atom is 0.245 e. The van der Waals surface area contributed by atoms with Gasteiger partial charge < -0.3 is 9.80 Å².